The molecule has 0 radical (unpaired) electrons. The third-order valence-electron chi connectivity index (χ3n) is 1.47. The summed E-state index contributed by atoms with van der Waals surface area (Å²) in [6, 6.07) is 0. The summed E-state index contributed by atoms with van der Waals surface area (Å²) in [6.45, 7) is 1.93. The Morgan fingerprint density at radius 2 is 1.27 bits per heavy atom. The van der Waals surface area contributed by atoms with Gasteiger partial charge < -0.3 is 14.6 Å². The Labute approximate surface area is 90.4 Å². The number of carbonyl (C=O) groups excluding carboxylic acids is 2. The summed E-state index contributed by atoms with van der Waals surface area (Å²) >= 11 is 0. The Balaban J connectivity index is 0. The number of aliphatic hydroxyl groups is 1. The molecule has 5 heteroatoms. The van der Waals surface area contributed by atoms with Crippen molar-refractivity contribution in [2.45, 2.75) is 32.6 Å². The summed E-state index contributed by atoms with van der Waals surface area (Å²) in [6.07, 6.45) is 2.07. The molecule has 0 aromatic rings. The van der Waals surface area contributed by atoms with Crippen molar-refractivity contribution in [3.8, 4) is 0 Å². The van der Waals surface area contributed by atoms with Crippen LogP contribution in [0.3, 0.4) is 0 Å². The number of ether oxygens (including phenoxy) is 2. The van der Waals surface area contributed by atoms with Crippen molar-refractivity contribution in [3.63, 3.8) is 0 Å². The van der Waals surface area contributed by atoms with E-state index in [1.54, 1.807) is 6.92 Å². The zero-order valence-corrected chi connectivity index (χ0v) is 9.62. The molecule has 0 fully saturated rings. The number of carbonyl (C=O) groups is 2. The molecular weight excluding hydrogens is 200 g/mol. The molecule has 0 aliphatic heterocycles. The number of rotatable bonds is 5. The lowest BCUT2D eigenvalue weighted by Crippen LogP contribution is -2.02. The zero-order valence-electron chi connectivity index (χ0n) is 9.62. The van der Waals surface area contributed by atoms with E-state index in [9.17, 15) is 9.59 Å². The van der Waals surface area contributed by atoms with Crippen LogP contribution in [0.1, 0.15) is 32.6 Å². The number of hydrogen-bond donors (Lipinski definition) is 1. The van der Waals surface area contributed by atoms with Gasteiger partial charge >= 0.3 is 11.9 Å². The van der Waals surface area contributed by atoms with Crippen LogP contribution in [-0.2, 0) is 19.1 Å². The van der Waals surface area contributed by atoms with E-state index in [1.165, 1.54) is 14.2 Å². The van der Waals surface area contributed by atoms with Crippen molar-refractivity contribution in [2.75, 3.05) is 20.8 Å². The highest BCUT2D eigenvalue weighted by Crippen LogP contribution is 2.01. The molecule has 0 aliphatic carbocycles. The fraction of sp³-hybridized carbons (Fsp3) is 0.800. The summed E-state index contributed by atoms with van der Waals surface area (Å²) in [5, 5.41) is 7.57. The van der Waals surface area contributed by atoms with Gasteiger partial charge in [-0.3, -0.25) is 9.59 Å². The lowest BCUT2D eigenvalue weighted by atomic mass is 10.2. The molecule has 0 heterocycles. The molecule has 15 heavy (non-hydrogen) atoms. The lowest BCUT2D eigenvalue weighted by Gasteiger charge is -1.98. The van der Waals surface area contributed by atoms with Crippen LogP contribution in [0, 0.1) is 0 Å². The minimum Gasteiger partial charge on any atom is -0.469 e. The molecule has 0 atom stereocenters. The van der Waals surface area contributed by atoms with Crippen molar-refractivity contribution >= 4 is 11.9 Å². The van der Waals surface area contributed by atoms with E-state index in [4.69, 9.17) is 5.11 Å². The molecule has 0 saturated carbocycles. The van der Waals surface area contributed by atoms with Crippen molar-refractivity contribution < 1.29 is 24.2 Å². The predicted molar refractivity (Wildman–Crippen MR) is 55.3 cm³/mol. The maximum atomic E-state index is 10.6. The Morgan fingerprint density at radius 3 is 1.47 bits per heavy atom. The van der Waals surface area contributed by atoms with E-state index in [-0.39, 0.29) is 18.5 Å². The summed E-state index contributed by atoms with van der Waals surface area (Å²) < 4.78 is 8.86. The predicted octanol–water partition coefficient (Wildman–Crippen LogP) is 0.891. The molecule has 0 bridgehead atoms. The van der Waals surface area contributed by atoms with Crippen molar-refractivity contribution in [3.05, 3.63) is 0 Å². The molecule has 0 unspecified atom stereocenters. The highest BCUT2D eigenvalue weighted by atomic mass is 16.5. The van der Waals surface area contributed by atoms with Crippen molar-refractivity contribution in [2.24, 2.45) is 0 Å². The summed E-state index contributed by atoms with van der Waals surface area (Å²) in [5.41, 5.74) is 0. The van der Waals surface area contributed by atoms with Gasteiger partial charge in [0.25, 0.3) is 0 Å². The number of esters is 2. The first-order valence-corrected chi connectivity index (χ1v) is 4.86. The SMILES string of the molecule is CCO.COC(=O)CCCCC(=O)OC. The van der Waals surface area contributed by atoms with Gasteiger partial charge in [-0.15, -0.1) is 0 Å². The Bertz CT molecular complexity index is 149. The van der Waals surface area contributed by atoms with Gasteiger partial charge in [-0.05, 0) is 19.8 Å². The van der Waals surface area contributed by atoms with Gasteiger partial charge in [-0.1, -0.05) is 0 Å². The van der Waals surface area contributed by atoms with E-state index in [1.807, 2.05) is 0 Å². The highest BCUT2D eigenvalue weighted by Gasteiger charge is 2.02. The van der Waals surface area contributed by atoms with Crippen molar-refractivity contribution in [1.82, 2.24) is 0 Å². The molecule has 0 rings (SSSR count). The third-order valence-corrected chi connectivity index (χ3v) is 1.47. The van der Waals surface area contributed by atoms with Crippen LogP contribution in [-0.4, -0.2) is 37.9 Å². The summed E-state index contributed by atoms with van der Waals surface area (Å²) in [4.78, 5) is 21.2. The van der Waals surface area contributed by atoms with E-state index in [2.05, 4.69) is 9.47 Å². The molecule has 5 nitrogen and oxygen atoms in total. The topological polar surface area (TPSA) is 72.8 Å². The Kier molecular flexibility index (Phi) is 14.0. The Hall–Kier alpha value is -1.10. The average Bonchev–Trinajstić information content (AvgIpc) is 2.24. The summed E-state index contributed by atoms with van der Waals surface area (Å²) in [5.74, 6) is -0.472. The number of aliphatic hydroxyl groups excluding tert-OH is 1. The van der Waals surface area contributed by atoms with Gasteiger partial charge in [0.05, 0.1) is 14.2 Å². The largest absolute Gasteiger partial charge is 0.469 e. The average molecular weight is 220 g/mol. The van der Waals surface area contributed by atoms with Gasteiger partial charge in [-0.25, -0.2) is 0 Å². The Morgan fingerprint density at radius 1 is 1.00 bits per heavy atom. The number of hydrogen-bond acceptors (Lipinski definition) is 5. The van der Waals surface area contributed by atoms with Crippen LogP contribution < -0.4 is 0 Å². The smallest absolute Gasteiger partial charge is 0.305 e. The normalized spacial score (nSPS) is 8.53. The molecule has 1 N–H and O–H groups in total. The second-order valence-electron chi connectivity index (χ2n) is 2.68. The van der Waals surface area contributed by atoms with Gasteiger partial charge in [0, 0.05) is 19.4 Å². The minimum absolute atomic E-state index is 0.236. The summed E-state index contributed by atoms with van der Waals surface area (Å²) in [7, 11) is 2.70. The zero-order chi connectivity index (χ0) is 12.1. The first kappa shape index (κ1) is 16.3. The first-order valence-electron chi connectivity index (χ1n) is 4.86. The van der Waals surface area contributed by atoms with Gasteiger partial charge in [0.15, 0.2) is 0 Å². The van der Waals surface area contributed by atoms with Crippen LogP contribution in [0.2, 0.25) is 0 Å². The van der Waals surface area contributed by atoms with Crippen LogP contribution in [0.5, 0.6) is 0 Å². The van der Waals surface area contributed by atoms with Gasteiger partial charge in [0.2, 0.25) is 0 Å². The maximum absolute atomic E-state index is 10.6. The minimum atomic E-state index is -0.236. The third kappa shape index (κ3) is 15.6. The molecule has 0 spiro atoms. The second-order valence-corrected chi connectivity index (χ2v) is 2.68. The molecule has 90 valence electrons. The first-order chi connectivity index (χ1) is 7.12. The monoisotopic (exact) mass is 220 g/mol. The molecule has 0 aliphatic rings. The van der Waals surface area contributed by atoms with Crippen LogP contribution >= 0.6 is 0 Å². The van der Waals surface area contributed by atoms with E-state index in [0.29, 0.717) is 25.7 Å². The quantitative estimate of drug-likeness (QED) is 0.550. The van der Waals surface area contributed by atoms with E-state index >= 15 is 0 Å². The van der Waals surface area contributed by atoms with Crippen LogP contribution in [0.15, 0.2) is 0 Å². The highest BCUT2D eigenvalue weighted by molar-refractivity contribution is 5.70. The lowest BCUT2D eigenvalue weighted by molar-refractivity contribution is -0.142. The van der Waals surface area contributed by atoms with Gasteiger partial charge in [0.1, 0.15) is 0 Å². The number of unbranched alkanes of at least 4 members (excludes halogenated alkanes) is 1. The molecule has 0 aromatic carbocycles. The standard InChI is InChI=1S/C8H14O4.C2H6O/c1-11-7(9)5-3-4-6-8(10)12-2;1-2-3/h3-6H2,1-2H3;3H,2H2,1H3. The molecule has 0 aromatic heterocycles. The van der Waals surface area contributed by atoms with Crippen LogP contribution in [0.4, 0.5) is 0 Å². The van der Waals surface area contributed by atoms with Gasteiger partial charge in [-0.2, -0.15) is 0 Å². The molecule has 0 amide bonds. The van der Waals surface area contributed by atoms with Crippen LogP contribution in [0.25, 0.3) is 0 Å². The fourth-order valence-electron chi connectivity index (χ4n) is 0.743. The van der Waals surface area contributed by atoms with Crippen molar-refractivity contribution in [1.29, 1.82) is 0 Å². The van der Waals surface area contributed by atoms with E-state index < -0.39 is 0 Å². The second kappa shape index (κ2) is 12.9. The fourth-order valence-corrected chi connectivity index (χ4v) is 0.743. The number of methoxy groups -OCH3 is 2. The maximum Gasteiger partial charge on any atom is 0.305 e. The molecular formula is C10H20O5. The van der Waals surface area contributed by atoms with E-state index in [0.717, 1.165) is 0 Å². The molecule has 0 saturated heterocycles.